The largest absolute Gasteiger partial charge is 0.356 e. The maximum Gasteiger partial charge on any atom is 0.191 e. The van der Waals surface area contributed by atoms with Crippen molar-refractivity contribution in [3.63, 3.8) is 0 Å². The summed E-state index contributed by atoms with van der Waals surface area (Å²) in [6, 6.07) is 14.5. The molecule has 28 heavy (non-hydrogen) atoms. The van der Waals surface area contributed by atoms with Crippen LogP contribution in [0.15, 0.2) is 47.5 Å². The average Bonchev–Trinajstić information content (AvgIpc) is 3.03. The van der Waals surface area contributed by atoms with Crippen molar-refractivity contribution < 1.29 is 4.39 Å². The molecule has 6 nitrogen and oxygen atoms in total. The summed E-state index contributed by atoms with van der Waals surface area (Å²) < 4.78 is 16.2. The number of hydrogen-bond donors (Lipinski definition) is 2. The zero-order chi connectivity index (χ0) is 19.9. The Morgan fingerprint density at radius 1 is 1.25 bits per heavy atom. The number of aryl methyl sites for hydroxylation is 2. The van der Waals surface area contributed by atoms with Crippen LogP contribution in [0.25, 0.3) is 11.0 Å². The molecule has 0 fully saturated rings. The van der Waals surface area contributed by atoms with Gasteiger partial charge in [0.1, 0.15) is 11.6 Å². The van der Waals surface area contributed by atoms with Gasteiger partial charge in [0.15, 0.2) is 5.96 Å². The summed E-state index contributed by atoms with van der Waals surface area (Å²) in [6.07, 6.45) is 0.896. The zero-order valence-electron chi connectivity index (χ0n) is 16.0. The summed E-state index contributed by atoms with van der Waals surface area (Å²) in [5, 5.41) is 15.1. The first-order chi connectivity index (χ1) is 13.6. The molecule has 0 bridgehead atoms. The molecule has 1 aromatic heterocycles. The van der Waals surface area contributed by atoms with Gasteiger partial charge < -0.3 is 15.2 Å². The van der Waals surface area contributed by atoms with Crippen LogP contribution in [0.3, 0.4) is 0 Å². The van der Waals surface area contributed by atoms with E-state index in [1.54, 1.807) is 19.2 Å². The molecule has 3 aromatic rings. The van der Waals surface area contributed by atoms with Gasteiger partial charge in [0.05, 0.1) is 22.7 Å². The first kappa shape index (κ1) is 19.4. The monoisotopic (exact) mass is 378 g/mol. The Hall–Kier alpha value is -3.40. The molecule has 0 saturated carbocycles. The highest BCUT2D eigenvalue weighted by Gasteiger charge is 2.07. The first-order valence-corrected chi connectivity index (χ1v) is 9.17. The molecular weight excluding hydrogens is 355 g/mol. The van der Waals surface area contributed by atoms with Gasteiger partial charge in [0.25, 0.3) is 0 Å². The highest BCUT2D eigenvalue weighted by atomic mass is 19.1. The van der Waals surface area contributed by atoms with Crippen molar-refractivity contribution in [2.75, 3.05) is 13.6 Å². The Labute approximate surface area is 163 Å². The van der Waals surface area contributed by atoms with Crippen LogP contribution in [0.5, 0.6) is 0 Å². The molecule has 0 amide bonds. The molecule has 0 aliphatic carbocycles. The van der Waals surface area contributed by atoms with Crippen LogP contribution in [0, 0.1) is 24.1 Å². The Morgan fingerprint density at radius 2 is 2.07 bits per heavy atom. The quantitative estimate of drug-likeness (QED) is 0.392. The first-order valence-electron chi connectivity index (χ1n) is 9.17. The smallest absolute Gasteiger partial charge is 0.191 e. The molecule has 1 heterocycles. The van der Waals surface area contributed by atoms with Gasteiger partial charge >= 0.3 is 0 Å². The molecule has 0 spiro atoms. The minimum Gasteiger partial charge on any atom is -0.356 e. The number of para-hydroxylation sites is 2. The Kier molecular flexibility index (Phi) is 6.22. The van der Waals surface area contributed by atoms with Crippen molar-refractivity contribution in [3.8, 4) is 6.07 Å². The average molecular weight is 378 g/mol. The number of hydrogen-bond acceptors (Lipinski definition) is 3. The van der Waals surface area contributed by atoms with E-state index in [1.807, 2.05) is 31.2 Å². The second kappa shape index (κ2) is 9.00. The van der Waals surface area contributed by atoms with Crippen molar-refractivity contribution in [2.24, 2.45) is 4.99 Å². The number of benzene rings is 2. The van der Waals surface area contributed by atoms with E-state index in [4.69, 9.17) is 5.26 Å². The molecule has 0 atom stereocenters. The molecule has 0 saturated heterocycles. The number of nitrogens with zero attached hydrogens (tertiary/aromatic N) is 4. The van der Waals surface area contributed by atoms with E-state index in [0.29, 0.717) is 23.6 Å². The lowest BCUT2D eigenvalue weighted by atomic mass is 10.1. The summed E-state index contributed by atoms with van der Waals surface area (Å²) >= 11 is 0. The molecule has 2 aromatic carbocycles. The second-order valence-electron chi connectivity index (χ2n) is 6.42. The van der Waals surface area contributed by atoms with E-state index in [0.717, 1.165) is 36.4 Å². The normalized spacial score (nSPS) is 11.4. The predicted octanol–water partition coefficient (Wildman–Crippen LogP) is 3.11. The highest BCUT2D eigenvalue weighted by molar-refractivity contribution is 5.79. The molecule has 0 unspecified atom stereocenters. The van der Waals surface area contributed by atoms with Crippen molar-refractivity contribution in [3.05, 3.63) is 65.2 Å². The van der Waals surface area contributed by atoms with Gasteiger partial charge in [-0.25, -0.2) is 9.37 Å². The van der Waals surface area contributed by atoms with Gasteiger partial charge in [-0.15, -0.1) is 0 Å². The van der Waals surface area contributed by atoms with Crippen LogP contribution in [0.2, 0.25) is 0 Å². The van der Waals surface area contributed by atoms with E-state index in [9.17, 15) is 4.39 Å². The van der Waals surface area contributed by atoms with Gasteiger partial charge in [0.2, 0.25) is 0 Å². The van der Waals surface area contributed by atoms with Crippen LogP contribution in [-0.4, -0.2) is 29.1 Å². The van der Waals surface area contributed by atoms with Gasteiger partial charge in [0, 0.05) is 32.2 Å². The summed E-state index contributed by atoms with van der Waals surface area (Å²) in [4.78, 5) is 8.75. The summed E-state index contributed by atoms with van der Waals surface area (Å²) in [6.45, 7) is 3.88. The lowest BCUT2D eigenvalue weighted by Gasteiger charge is -2.13. The summed E-state index contributed by atoms with van der Waals surface area (Å²) in [5.41, 5.74) is 2.95. The number of nitrogens with one attached hydrogen (secondary N) is 2. The van der Waals surface area contributed by atoms with Crippen LogP contribution < -0.4 is 10.6 Å². The maximum absolute atomic E-state index is 14.0. The Balaban J connectivity index is 1.49. The Bertz CT molecular complexity index is 1030. The van der Waals surface area contributed by atoms with Gasteiger partial charge in [-0.05, 0) is 37.6 Å². The van der Waals surface area contributed by atoms with Crippen LogP contribution in [0.4, 0.5) is 4.39 Å². The molecule has 0 aliphatic heterocycles. The fourth-order valence-electron chi connectivity index (χ4n) is 3.08. The van der Waals surface area contributed by atoms with Crippen LogP contribution in [0.1, 0.15) is 23.4 Å². The zero-order valence-corrected chi connectivity index (χ0v) is 16.0. The van der Waals surface area contributed by atoms with Crippen LogP contribution >= 0.6 is 0 Å². The van der Waals surface area contributed by atoms with Crippen molar-refractivity contribution >= 4 is 17.0 Å². The third-order valence-electron chi connectivity index (χ3n) is 4.55. The SMILES string of the molecule is CN=C(NCCCn1c(C)nc2ccccc21)NCc1ccc(C#N)cc1F. The fraction of sp³-hybridized carbons (Fsp3) is 0.286. The predicted molar refractivity (Wildman–Crippen MR) is 108 cm³/mol. The molecule has 2 N–H and O–H groups in total. The molecular formula is C21H23FN6. The lowest BCUT2D eigenvalue weighted by molar-refractivity contribution is 0.601. The molecule has 144 valence electrons. The number of nitriles is 1. The topological polar surface area (TPSA) is 78.0 Å². The van der Waals surface area contributed by atoms with Crippen LogP contribution in [-0.2, 0) is 13.1 Å². The molecule has 0 aliphatic rings. The summed E-state index contributed by atoms with van der Waals surface area (Å²) in [7, 11) is 1.68. The van der Waals surface area contributed by atoms with E-state index >= 15 is 0 Å². The standard InChI is InChI=1S/C21H23FN6/c1-15-27-19-6-3-4-7-20(19)28(15)11-5-10-25-21(24-2)26-14-17-9-8-16(13-23)12-18(17)22/h3-4,6-9,12H,5,10-11,14H2,1-2H3,(H2,24,25,26). The minimum absolute atomic E-state index is 0.294. The number of aliphatic imine (C=N–C) groups is 1. The number of halogens is 1. The maximum atomic E-state index is 14.0. The number of aromatic nitrogens is 2. The molecule has 0 radical (unpaired) electrons. The number of guanidine groups is 1. The van der Waals surface area contributed by atoms with Gasteiger partial charge in [-0.2, -0.15) is 5.26 Å². The second-order valence-corrected chi connectivity index (χ2v) is 6.42. The number of fused-ring (bicyclic) bond motifs is 1. The minimum atomic E-state index is -0.399. The third kappa shape index (κ3) is 4.46. The van der Waals surface area contributed by atoms with Crippen molar-refractivity contribution in [1.82, 2.24) is 20.2 Å². The molecule has 7 heteroatoms. The van der Waals surface area contributed by atoms with Crippen molar-refractivity contribution in [2.45, 2.75) is 26.4 Å². The lowest BCUT2D eigenvalue weighted by Crippen LogP contribution is -2.37. The van der Waals surface area contributed by atoms with Crippen molar-refractivity contribution in [1.29, 1.82) is 5.26 Å². The van der Waals surface area contributed by atoms with E-state index < -0.39 is 5.82 Å². The summed E-state index contributed by atoms with van der Waals surface area (Å²) in [5.74, 6) is 1.21. The Morgan fingerprint density at radius 3 is 2.82 bits per heavy atom. The number of rotatable bonds is 6. The van der Waals surface area contributed by atoms with E-state index in [-0.39, 0.29) is 0 Å². The van der Waals surface area contributed by atoms with Gasteiger partial charge in [-0.1, -0.05) is 18.2 Å². The van der Waals surface area contributed by atoms with E-state index in [2.05, 4.69) is 31.2 Å². The van der Waals surface area contributed by atoms with E-state index in [1.165, 1.54) is 6.07 Å². The fourth-order valence-corrected chi connectivity index (χ4v) is 3.08. The number of imidazole rings is 1. The third-order valence-corrected chi connectivity index (χ3v) is 4.55. The highest BCUT2D eigenvalue weighted by Crippen LogP contribution is 2.15. The van der Waals surface area contributed by atoms with Gasteiger partial charge in [-0.3, -0.25) is 4.99 Å². The molecule has 3 rings (SSSR count).